The van der Waals surface area contributed by atoms with Crippen LogP contribution in [0, 0.1) is 5.92 Å². The maximum absolute atomic E-state index is 13.5. The van der Waals surface area contributed by atoms with Crippen molar-refractivity contribution in [3.8, 4) is 0 Å². The first-order chi connectivity index (χ1) is 14.4. The van der Waals surface area contributed by atoms with E-state index in [0.717, 1.165) is 11.3 Å². The number of rotatable bonds is 2. The predicted octanol–water partition coefficient (Wildman–Crippen LogP) is 5.19. The van der Waals surface area contributed by atoms with Crippen molar-refractivity contribution in [2.75, 3.05) is 4.90 Å². The number of thioether (sulfide) groups is 1. The molecule has 2 aliphatic heterocycles. The number of benzene rings is 2. The third-order valence-electron chi connectivity index (χ3n) is 5.23. The lowest BCUT2D eigenvalue weighted by Crippen LogP contribution is -2.32. The summed E-state index contributed by atoms with van der Waals surface area (Å²) in [5.74, 6) is -1.95. The quantitative estimate of drug-likeness (QED) is 0.495. The average molecular weight is 498 g/mol. The summed E-state index contributed by atoms with van der Waals surface area (Å²) < 4.78 is 0. The Hall–Kier alpha value is -1.77. The standard InChI is InChI=1S/C20H11Cl3N2O3S2/c21-8-4-6-9(7-5-8)25-18(26)13-12(10-2-1-3-11(22)14(10)23)15-17(24-20(28)30-15)29-16(13)19(25)27/h1-7,12-13,16H,(H,24,28)/t12-,13?,16?/m1/s1. The van der Waals surface area contributed by atoms with E-state index in [2.05, 4.69) is 4.98 Å². The average Bonchev–Trinajstić information content (AvgIpc) is 3.20. The molecule has 3 aromatic rings. The van der Waals surface area contributed by atoms with Crippen molar-refractivity contribution in [3.05, 3.63) is 77.6 Å². The van der Waals surface area contributed by atoms with Crippen LogP contribution in [0.5, 0.6) is 0 Å². The smallest absolute Gasteiger partial charge is 0.305 e. The highest BCUT2D eigenvalue weighted by Gasteiger charge is 2.56. The number of nitrogens with zero attached hydrogens (tertiary/aromatic N) is 1. The largest absolute Gasteiger partial charge is 0.307 e. The van der Waals surface area contributed by atoms with Gasteiger partial charge < -0.3 is 4.98 Å². The van der Waals surface area contributed by atoms with Crippen LogP contribution in [0.4, 0.5) is 5.69 Å². The minimum atomic E-state index is -0.715. The third-order valence-corrected chi connectivity index (χ3v) is 8.71. The number of halogens is 3. The molecule has 152 valence electrons. The lowest BCUT2D eigenvalue weighted by atomic mass is 9.83. The molecule has 30 heavy (non-hydrogen) atoms. The summed E-state index contributed by atoms with van der Waals surface area (Å²) >= 11 is 20.9. The molecule has 0 saturated carbocycles. The van der Waals surface area contributed by atoms with Crippen molar-refractivity contribution >= 4 is 75.4 Å². The summed E-state index contributed by atoms with van der Waals surface area (Å²) in [6, 6.07) is 11.7. The van der Waals surface area contributed by atoms with E-state index in [0.29, 0.717) is 36.2 Å². The highest BCUT2D eigenvalue weighted by molar-refractivity contribution is 8.00. The normalized spacial score (nSPS) is 22.9. The summed E-state index contributed by atoms with van der Waals surface area (Å²) in [6.45, 7) is 0. The van der Waals surface area contributed by atoms with Gasteiger partial charge >= 0.3 is 4.87 Å². The number of aromatic amines is 1. The molecule has 1 saturated heterocycles. The van der Waals surface area contributed by atoms with Gasteiger partial charge in [0.1, 0.15) is 5.25 Å². The first kappa shape index (κ1) is 20.2. The van der Waals surface area contributed by atoms with Gasteiger partial charge in [-0.3, -0.25) is 14.4 Å². The Morgan fingerprint density at radius 3 is 2.40 bits per heavy atom. The maximum Gasteiger partial charge on any atom is 0.305 e. The van der Waals surface area contributed by atoms with Crippen LogP contribution in [0.15, 0.2) is 52.3 Å². The highest BCUT2D eigenvalue weighted by Crippen LogP contribution is 2.54. The molecule has 2 amide bonds. The molecule has 5 nitrogen and oxygen atoms in total. The van der Waals surface area contributed by atoms with Gasteiger partial charge in [-0.25, -0.2) is 4.90 Å². The number of H-pyrrole nitrogens is 1. The molecule has 0 bridgehead atoms. The van der Waals surface area contributed by atoms with Gasteiger partial charge in [0.05, 0.1) is 26.7 Å². The van der Waals surface area contributed by atoms with Gasteiger partial charge in [0, 0.05) is 15.8 Å². The molecule has 1 aromatic heterocycles. The van der Waals surface area contributed by atoms with Crippen LogP contribution >= 0.6 is 57.9 Å². The Kier molecular flexibility index (Phi) is 4.99. The molecule has 10 heteroatoms. The van der Waals surface area contributed by atoms with Crippen molar-refractivity contribution in [2.24, 2.45) is 5.92 Å². The van der Waals surface area contributed by atoms with E-state index in [-0.39, 0.29) is 16.7 Å². The lowest BCUT2D eigenvalue weighted by Gasteiger charge is -2.30. The molecule has 1 N–H and O–H groups in total. The van der Waals surface area contributed by atoms with Crippen LogP contribution in [0.3, 0.4) is 0 Å². The van der Waals surface area contributed by atoms with E-state index in [1.807, 2.05) is 0 Å². The summed E-state index contributed by atoms with van der Waals surface area (Å²) in [6.07, 6.45) is 0. The maximum atomic E-state index is 13.5. The van der Waals surface area contributed by atoms with Gasteiger partial charge in [0.2, 0.25) is 11.8 Å². The number of imide groups is 1. The van der Waals surface area contributed by atoms with Gasteiger partial charge in [-0.2, -0.15) is 0 Å². The summed E-state index contributed by atoms with van der Waals surface area (Å²) in [5.41, 5.74) is 1.08. The second-order valence-corrected chi connectivity index (χ2v) is 10.3. The zero-order valence-electron chi connectivity index (χ0n) is 14.9. The van der Waals surface area contributed by atoms with Crippen molar-refractivity contribution in [2.45, 2.75) is 16.2 Å². The third kappa shape index (κ3) is 3.03. The van der Waals surface area contributed by atoms with E-state index in [1.54, 1.807) is 42.5 Å². The minimum Gasteiger partial charge on any atom is -0.307 e. The van der Waals surface area contributed by atoms with Gasteiger partial charge in [-0.1, -0.05) is 70.0 Å². The molecule has 2 unspecified atom stereocenters. The van der Waals surface area contributed by atoms with E-state index in [4.69, 9.17) is 34.8 Å². The number of aromatic nitrogens is 1. The number of hydrogen-bond acceptors (Lipinski definition) is 5. The topological polar surface area (TPSA) is 70.2 Å². The van der Waals surface area contributed by atoms with Crippen molar-refractivity contribution < 1.29 is 9.59 Å². The molecular formula is C20H11Cl3N2O3S2. The van der Waals surface area contributed by atoms with Crippen LogP contribution in [0.1, 0.15) is 16.4 Å². The number of nitrogens with one attached hydrogen (secondary N) is 1. The fraction of sp³-hybridized carbons (Fsp3) is 0.150. The zero-order chi connectivity index (χ0) is 21.2. The van der Waals surface area contributed by atoms with Gasteiger partial charge in [0.25, 0.3) is 0 Å². The Labute approximate surface area is 193 Å². The van der Waals surface area contributed by atoms with Crippen LogP contribution in [0.2, 0.25) is 15.1 Å². The van der Waals surface area contributed by atoms with Crippen LogP contribution in [-0.4, -0.2) is 22.0 Å². The Morgan fingerprint density at radius 2 is 1.67 bits per heavy atom. The predicted molar refractivity (Wildman–Crippen MR) is 120 cm³/mol. The first-order valence-electron chi connectivity index (χ1n) is 8.83. The molecule has 0 spiro atoms. The monoisotopic (exact) mass is 496 g/mol. The number of thiazole rings is 1. The van der Waals surface area contributed by atoms with Crippen LogP contribution in [0.25, 0.3) is 0 Å². The van der Waals surface area contributed by atoms with Gasteiger partial charge in [-0.15, -0.1) is 0 Å². The Bertz CT molecular complexity index is 1250. The van der Waals surface area contributed by atoms with E-state index < -0.39 is 17.1 Å². The fourth-order valence-corrected chi connectivity index (χ4v) is 7.01. The molecule has 1 fully saturated rings. The number of carbonyl (C=O) groups is 2. The van der Waals surface area contributed by atoms with Gasteiger partial charge in [-0.05, 0) is 35.9 Å². The molecule has 3 atom stereocenters. The first-order valence-corrected chi connectivity index (χ1v) is 11.7. The number of hydrogen-bond donors (Lipinski definition) is 1. The number of anilines is 1. The molecule has 3 heterocycles. The Morgan fingerprint density at radius 1 is 0.933 bits per heavy atom. The summed E-state index contributed by atoms with van der Waals surface area (Å²) in [4.78, 5) is 43.3. The van der Waals surface area contributed by atoms with Crippen molar-refractivity contribution in [3.63, 3.8) is 0 Å². The van der Waals surface area contributed by atoms with Crippen molar-refractivity contribution in [1.82, 2.24) is 4.98 Å². The highest BCUT2D eigenvalue weighted by atomic mass is 35.5. The number of fused-ring (bicyclic) bond motifs is 2. The molecule has 0 radical (unpaired) electrons. The zero-order valence-corrected chi connectivity index (χ0v) is 18.8. The van der Waals surface area contributed by atoms with Crippen LogP contribution < -0.4 is 9.77 Å². The minimum absolute atomic E-state index is 0.245. The Balaban J connectivity index is 1.68. The van der Waals surface area contributed by atoms with E-state index in [9.17, 15) is 14.4 Å². The lowest BCUT2D eigenvalue weighted by molar-refractivity contribution is -0.122. The second-order valence-electron chi connectivity index (χ2n) is 6.88. The van der Waals surface area contributed by atoms with E-state index >= 15 is 0 Å². The SMILES string of the molecule is O=C1C2Sc3[nH]c(=O)sc3[C@H](c3cccc(Cl)c3Cl)C2C(=O)N1c1ccc(Cl)cc1. The molecule has 2 aliphatic rings. The number of carbonyl (C=O) groups excluding carboxylic acids is 2. The molecular weight excluding hydrogens is 487 g/mol. The van der Waals surface area contributed by atoms with Gasteiger partial charge in [0.15, 0.2) is 0 Å². The molecule has 0 aliphatic carbocycles. The summed E-state index contributed by atoms with van der Waals surface area (Å²) in [7, 11) is 0. The molecule has 2 aromatic carbocycles. The second kappa shape index (κ2) is 7.43. The van der Waals surface area contributed by atoms with Crippen LogP contribution in [-0.2, 0) is 9.59 Å². The number of amides is 2. The fourth-order valence-electron chi connectivity index (χ4n) is 3.96. The van der Waals surface area contributed by atoms with E-state index in [1.165, 1.54) is 16.7 Å². The molecule has 5 rings (SSSR count). The van der Waals surface area contributed by atoms with Crippen molar-refractivity contribution in [1.29, 1.82) is 0 Å². The summed E-state index contributed by atoms with van der Waals surface area (Å²) in [5, 5.41) is 1.07.